The van der Waals surface area contributed by atoms with E-state index in [0.29, 0.717) is 25.2 Å². The highest BCUT2D eigenvalue weighted by Crippen LogP contribution is 2.28. The van der Waals surface area contributed by atoms with Gasteiger partial charge in [-0.3, -0.25) is 4.79 Å². The standard InChI is InChI=1S/C16H16BrN7O/c1-2-24-15-13(21-22-24)14(18-9-19-15)23-7-10(8-23)16(25)20-12-5-3-11(17)4-6-12/h3-6,9-10H,2,7-8H2,1H3,(H,20,25). The molecule has 0 atom stereocenters. The Labute approximate surface area is 152 Å². The van der Waals surface area contributed by atoms with Gasteiger partial charge >= 0.3 is 0 Å². The molecular formula is C16H16BrN7O. The molecule has 1 aromatic carbocycles. The van der Waals surface area contributed by atoms with Gasteiger partial charge in [0.25, 0.3) is 0 Å². The van der Waals surface area contributed by atoms with Crippen LogP contribution in [0.2, 0.25) is 0 Å². The zero-order valence-corrected chi connectivity index (χ0v) is 15.1. The van der Waals surface area contributed by atoms with Gasteiger partial charge in [-0.15, -0.1) is 5.10 Å². The number of carbonyl (C=O) groups excluding carboxylic acids is 1. The summed E-state index contributed by atoms with van der Waals surface area (Å²) < 4.78 is 2.71. The number of nitrogens with zero attached hydrogens (tertiary/aromatic N) is 6. The van der Waals surface area contributed by atoms with Crippen molar-refractivity contribution in [2.75, 3.05) is 23.3 Å². The van der Waals surface area contributed by atoms with Gasteiger partial charge in [-0.1, -0.05) is 21.1 Å². The zero-order chi connectivity index (χ0) is 17.4. The minimum Gasteiger partial charge on any atom is -0.353 e. The van der Waals surface area contributed by atoms with Gasteiger partial charge in [0.05, 0.1) is 5.92 Å². The fraction of sp³-hybridized carbons (Fsp3) is 0.312. The number of hydrogen-bond donors (Lipinski definition) is 1. The smallest absolute Gasteiger partial charge is 0.231 e. The number of halogens is 1. The van der Waals surface area contributed by atoms with Gasteiger partial charge in [-0.2, -0.15) is 0 Å². The molecule has 2 aromatic heterocycles. The zero-order valence-electron chi connectivity index (χ0n) is 13.6. The Morgan fingerprint density at radius 2 is 2.04 bits per heavy atom. The van der Waals surface area contributed by atoms with E-state index < -0.39 is 0 Å². The summed E-state index contributed by atoms with van der Waals surface area (Å²) in [6, 6.07) is 7.54. The maximum Gasteiger partial charge on any atom is 0.231 e. The van der Waals surface area contributed by atoms with E-state index in [-0.39, 0.29) is 11.8 Å². The number of fused-ring (bicyclic) bond motifs is 1. The Bertz CT molecular complexity index is 918. The monoisotopic (exact) mass is 401 g/mol. The number of aromatic nitrogens is 5. The third-order valence-corrected chi connectivity index (χ3v) is 4.77. The maximum atomic E-state index is 12.4. The van der Waals surface area contributed by atoms with Crippen LogP contribution in [-0.2, 0) is 11.3 Å². The summed E-state index contributed by atoms with van der Waals surface area (Å²) >= 11 is 3.38. The van der Waals surface area contributed by atoms with Gasteiger partial charge in [0.1, 0.15) is 6.33 Å². The fourth-order valence-corrected chi connectivity index (χ4v) is 3.08. The first-order valence-corrected chi connectivity index (χ1v) is 8.80. The molecule has 4 rings (SSSR count). The Kier molecular flexibility index (Phi) is 4.08. The van der Waals surface area contributed by atoms with Crippen LogP contribution in [0.5, 0.6) is 0 Å². The Balaban J connectivity index is 1.44. The predicted molar refractivity (Wildman–Crippen MR) is 97.3 cm³/mol. The van der Waals surface area contributed by atoms with E-state index in [1.54, 1.807) is 4.68 Å². The molecule has 0 unspecified atom stereocenters. The number of hydrogen-bond acceptors (Lipinski definition) is 6. The summed E-state index contributed by atoms with van der Waals surface area (Å²) in [5.74, 6) is 0.674. The van der Waals surface area contributed by atoms with Crippen LogP contribution in [0.3, 0.4) is 0 Å². The quantitative estimate of drug-likeness (QED) is 0.719. The van der Waals surface area contributed by atoms with E-state index in [1.165, 1.54) is 6.33 Å². The average Bonchev–Trinajstić information content (AvgIpc) is 2.99. The summed E-state index contributed by atoms with van der Waals surface area (Å²) in [6.45, 7) is 3.90. The SMILES string of the molecule is CCn1nnc2c(N3CC(C(=O)Nc4ccc(Br)cc4)C3)ncnc21. The van der Waals surface area contributed by atoms with Crippen LogP contribution in [0, 0.1) is 5.92 Å². The lowest BCUT2D eigenvalue weighted by Gasteiger charge is -2.38. The molecule has 0 saturated carbocycles. The molecule has 3 heterocycles. The number of amides is 1. The number of nitrogens with one attached hydrogen (secondary N) is 1. The topological polar surface area (TPSA) is 88.8 Å². The van der Waals surface area contributed by atoms with Crippen LogP contribution in [0.15, 0.2) is 35.1 Å². The summed E-state index contributed by atoms with van der Waals surface area (Å²) in [5, 5.41) is 11.2. The van der Waals surface area contributed by atoms with Crippen molar-refractivity contribution < 1.29 is 4.79 Å². The first kappa shape index (κ1) is 15.9. The number of rotatable bonds is 4. The highest BCUT2D eigenvalue weighted by Gasteiger charge is 2.35. The fourth-order valence-electron chi connectivity index (χ4n) is 2.82. The molecule has 8 nitrogen and oxygen atoms in total. The first-order chi connectivity index (χ1) is 12.2. The molecule has 1 saturated heterocycles. The second-order valence-electron chi connectivity index (χ2n) is 5.87. The molecule has 0 bridgehead atoms. The predicted octanol–water partition coefficient (Wildman–Crippen LogP) is 2.08. The summed E-state index contributed by atoms with van der Waals surface area (Å²) in [4.78, 5) is 23.0. The van der Waals surface area contributed by atoms with Crippen molar-refractivity contribution in [2.45, 2.75) is 13.5 Å². The molecule has 128 valence electrons. The molecule has 0 spiro atoms. The molecule has 1 amide bonds. The maximum absolute atomic E-state index is 12.4. The van der Waals surface area contributed by atoms with Crippen LogP contribution >= 0.6 is 15.9 Å². The van der Waals surface area contributed by atoms with Crippen molar-refractivity contribution in [1.29, 1.82) is 0 Å². The van der Waals surface area contributed by atoms with Crippen molar-refractivity contribution in [2.24, 2.45) is 5.92 Å². The lowest BCUT2D eigenvalue weighted by molar-refractivity contribution is -0.120. The van der Waals surface area contributed by atoms with E-state index >= 15 is 0 Å². The van der Waals surface area contributed by atoms with Gasteiger partial charge in [-0.25, -0.2) is 14.6 Å². The van der Waals surface area contributed by atoms with Crippen molar-refractivity contribution in [3.63, 3.8) is 0 Å². The third-order valence-electron chi connectivity index (χ3n) is 4.24. The van der Waals surface area contributed by atoms with Crippen LogP contribution < -0.4 is 10.2 Å². The summed E-state index contributed by atoms with van der Waals surface area (Å²) in [7, 11) is 0. The number of carbonyl (C=O) groups is 1. The summed E-state index contributed by atoms with van der Waals surface area (Å²) in [5.41, 5.74) is 2.19. The number of aryl methyl sites for hydroxylation is 1. The molecule has 1 aliphatic rings. The third kappa shape index (κ3) is 2.95. The van der Waals surface area contributed by atoms with Crippen molar-refractivity contribution in [1.82, 2.24) is 25.0 Å². The average molecular weight is 402 g/mol. The first-order valence-electron chi connectivity index (χ1n) is 8.01. The van der Waals surface area contributed by atoms with Crippen LogP contribution in [0.1, 0.15) is 6.92 Å². The molecule has 1 aliphatic heterocycles. The van der Waals surface area contributed by atoms with Gasteiger partial charge in [-0.05, 0) is 31.2 Å². The Morgan fingerprint density at radius 1 is 1.28 bits per heavy atom. The van der Waals surface area contributed by atoms with Crippen LogP contribution in [0.4, 0.5) is 11.5 Å². The van der Waals surface area contributed by atoms with Gasteiger partial charge in [0.15, 0.2) is 17.0 Å². The van der Waals surface area contributed by atoms with Gasteiger partial charge < -0.3 is 10.2 Å². The molecule has 1 N–H and O–H groups in total. The molecule has 1 fully saturated rings. The Morgan fingerprint density at radius 3 is 2.76 bits per heavy atom. The van der Waals surface area contributed by atoms with Gasteiger partial charge in [0, 0.05) is 29.8 Å². The highest BCUT2D eigenvalue weighted by atomic mass is 79.9. The van der Waals surface area contributed by atoms with E-state index in [2.05, 4.69) is 41.5 Å². The second-order valence-corrected chi connectivity index (χ2v) is 6.79. The van der Waals surface area contributed by atoms with Crippen LogP contribution in [0.25, 0.3) is 11.2 Å². The molecule has 3 aromatic rings. The van der Waals surface area contributed by atoms with E-state index in [0.717, 1.165) is 21.6 Å². The molecule has 25 heavy (non-hydrogen) atoms. The molecular weight excluding hydrogens is 386 g/mol. The molecule has 0 radical (unpaired) electrons. The second kappa shape index (κ2) is 6.40. The lowest BCUT2D eigenvalue weighted by atomic mass is 9.99. The normalized spacial score (nSPS) is 14.6. The van der Waals surface area contributed by atoms with Crippen molar-refractivity contribution >= 4 is 44.5 Å². The highest BCUT2D eigenvalue weighted by molar-refractivity contribution is 9.10. The molecule has 0 aliphatic carbocycles. The van der Waals surface area contributed by atoms with Crippen molar-refractivity contribution in [3.8, 4) is 0 Å². The van der Waals surface area contributed by atoms with E-state index in [1.807, 2.05) is 36.1 Å². The van der Waals surface area contributed by atoms with Gasteiger partial charge in [0.2, 0.25) is 5.91 Å². The van der Waals surface area contributed by atoms with Crippen LogP contribution in [-0.4, -0.2) is 44.0 Å². The summed E-state index contributed by atoms with van der Waals surface area (Å²) in [6.07, 6.45) is 1.52. The largest absolute Gasteiger partial charge is 0.353 e. The minimum atomic E-state index is -0.0742. The number of benzene rings is 1. The van der Waals surface area contributed by atoms with E-state index in [9.17, 15) is 4.79 Å². The number of anilines is 2. The lowest BCUT2D eigenvalue weighted by Crippen LogP contribution is -2.52. The van der Waals surface area contributed by atoms with Crippen molar-refractivity contribution in [3.05, 3.63) is 35.1 Å². The molecule has 9 heteroatoms. The van der Waals surface area contributed by atoms with E-state index in [4.69, 9.17) is 0 Å². The minimum absolute atomic E-state index is 0.0149. The Hall–Kier alpha value is -2.55.